The van der Waals surface area contributed by atoms with Crippen molar-refractivity contribution < 1.29 is 9.53 Å². The van der Waals surface area contributed by atoms with Crippen LogP contribution in [0.3, 0.4) is 0 Å². The largest absolute Gasteiger partial charge is 0.444 e. The van der Waals surface area contributed by atoms with Crippen LogP contribution in [0.2, 0.25) is 0 Å². The van der Waals surface area contributed by atoms with Gasteiger partial charge >= 0.3 is 6.09 Å². The van der Waals surface area contributed by atoms with Crippen LogP contribution in [0.25, 0.3) is 0 Å². The van der Waals surface area contributed by atoms with Gasteiger partial charge in [-0.05, 0) is 44.9 Å². The standard InChI is InChI=1S/C16H24N4O2/c1-12-9-17-6-5-13(12)10-19-14-11-20(8-7-18-14)15(21)22-16(2,3)4/h5-6,9H,7-8,10-11H2,1-4H3,(H,18,19). The van der Waals surface area contributed by atoms with E-state index in [9.17, 15) is 4.79 Å². The molecule has 0 bridgehead atoms. The SMILES string of the molecule is Cc1cnccc1CNC1=NCCN(C(=O)OC(C)(C)C)C1. The predicted molar refractivity (Wildman–Crippen MR) is 85.9 cm³/mol. The molecule has 0 aromatic carbocycles. The lowest BCUT2D eigenvalue weighted by atomic mass is 10.1. The van der Waals surface area contributed by atoms with Gasteiger partial charge in [0.05, 0.1) is 13.1 Å². The van der Waals surface area contributed by atoms with Crippen molar-refractivity contribution in [2.45, 2.75) is 39.8 Å². The third-order valence-corrected chi connectivity index (χ3v) is 3.28. The molecular formula is C16H24N4O2. The number of carbonyl (C=O) groups excluding carboxylic acids is 1. The highest BCUT2D eigenvalue weighted by atomic mass is 16.6. The molecule has 1 aliphatic rings. The zero-order chi connectivity index (χ0) is 16.2. The number of aliphatic imine (C=N–C) groups is 1. The summed E-state index contributed by atoms with van der Waals surface area (Å²) in [6, 6.07) is 1.98. The second kappa shape index (κ2) is 6.77. The number of aromatic nitrogens is 1. The van der Waals surface area contributed by atoms with E-state index in [1.165, 1.54) is 5.56 Å². The highest BCUT2D eigenvalue weighted by molar-refractivity contribution is 5.87. The number of amides is 1. The van der Waals surface area contributed by atoms with Gasteiger partial charge in [-0.1, -0.05) is 0 Å². The molecule has 2 heterocycles. The molecule has 0 radical (unpaired) electrons. The van der Waals surface area contributed by atoms with Gasteiger partial charge < -0.3 is 10.1 Å². The summed E-state index contributed by atoms with van der Waals surface area (Å²) in [6.45, 7) is 9.95. The number of nitrogens with zero attached hydrogens (tertiary/aromatic N) is 3. The van der Waals surface area contributed by atoms with Crippen LogP contribution in [-0.2, 0) is 11.3 Å². The van der Waals surface area contributed by atoms with Crippen LogP contribution in [0.5, 0.6) is 0 Å². The smallest absolute Gasteiger partial charge is 0.410 e. The summed E-state index contributed by atoms with van der Waals surface area (Å²) in [4.78, 5) is 22.3. The van der Waals surface area contributed by atoms with E-state index in [4.69, 9.17) is 4.74 Å². The zero-order valence-electron chi connectivity index (χ0n) is 13.7. The Balaban J connectivity index is 1.90. The maximum atomic E-state index is 12.1. The van der Waals surface area contributed by atoms with Gasteiger partial charge in [0.2, 0.25) is 0 Å². The number of nitrogens with one attached hydrogen (secondary N) is 1. The van der Waals surface area contributed by atoms with E-state index in [0.29, 0.717) is 26.2 Å². The molecule has 120 valence electrons. The monoisotopic (exact) mass is 304 g/mol. The Morgan fingerprint density at radius 2 is 2.23 bits per heavy atom. The van der Waals surface area contributed by atoms with E-state index in [0.717, 1.165) is 11.4 Å². The van der Waals surface area contributed by atoms with Crippen LogP contribution in [0, 0.1) is 6.92 Å². The van der Waals surface area contributed by atoms with Gasteiger partial charge in [0.15, 0.2) is 0 Å². The first-order valence-corrected chi connectivity index (χ1v) is 7.50. The second-order valence-electron chi connectivity index (χ2n) is 6.39. The molecule has 0 aliphatic carbocycles. The first-order valence-electron chi connectivity index (χ1n) is 7.50. The van der Waals surface area contributed by atoms with Gasteiger partial charge in [0, 0.05) is 25.5 Å². The van der Waals surface area contributed by atoms with Crippen molar-refractivity contribution in [2.24, 2.45) is 4.99 Å². The molecule has 0 atom stereocenters. The van der Waals surface area contributed by atoms with E-state index >= 15 is 0 Å². The van der Waals surface area contributed by atoms with Crippen molar-refractivity contribution in [1.82, 2.24) is 15.2 Å². The summed E-state index contributed by atoms with van der Waals surface area (Å²) in [7, 11) is 0. The van der Waals surface area contributed by atoms with Gasteiger partial charge in [0.1, 0.15) is 11.4 Å². The number of hydrogen-bond acceptors (Lipinski definition) is 5. The van der Waals surface area contributed by atoms with Crippen LogP contribution in [0.15, 0.2) is 23.5 Å². The average Bonchev–Trinajstić information content (AvgIpc) is 2.45. The minimum atomic E-state index is -0.479. The number of amidine groups is 1. The average molecular weight is 304 g/mol. The first-order chi connectivity index (χ1) is 10.3. The van der Waals surface area contributed by atoms with Crippen LogP contribution in [-0.4, -0.2) is 47.0 Å². The number of rotatable bonds is 2. The fraction of sp³-hybridized carbons (Fsp3) is 0.562. The third-order valence-electron chi connectivity index (χ3n) is 3.28. The van der Waals surface area contributed by atoms with Crippen molar-refractivity contribution in [1.29, 1.82) is 0 Å². The number of aryl methyl sites for hydroxylation is 1. The molecule has 0 saturated carbocycles. The second-order valence-corrected chi connectivity index (χ2v) is 6.39. The molecule has 2 rings (SSSR count). The third kappa shape index (κ3) is 4.72. The van der Waals surface area contributed by atoms with E-state index in [-0.39, 0.29) is 6.09 Å². The lowest BCUT2D eigenvalue weighted by molar-refractivity contribution is 0.0276. The van der Waals surface area contributed by atoms with Crippen molar-refractivity contribution in [2.75, 3.05) is 19.6 Å². The number of ether oxygens (including phenoxy) is 1. The van der Waals surface area contributed by atoms with Crippen LogP contribution in [0.4, 0.5) is 4.79 Å². The van der Waals surface area contributed by atoms with Gasteiger partial charge in [-0.15, -0.1) is 0 Å². The molecular weight excluding hydrogens is 280 g/mol. The molecule has 22 heavy (non-hydrogen) atoms. The minimum absolute atomic E-state index is 0.290. The molecule has 0 spiro atoms. The van der Waals surface area contributed by atoms with Crippen LogP contribution < -0.4 is 5.32 Å². The van der Waals surface area contributed by atoms with Gasteiger partial charge in [-0.2, -0.15) is 0 Å². The topological polar surface area (TPSA) is 66.8 Å². The van der Waals surface area contributed by atoms with Crippen molar-refractivity contribution in [3.05, 3.63) is 29.6 Å². The predicted octanol–water partition coefficient (Wildman–Crippen LogP) is 2.13. The molecule has 0 fully saturated rings. The molecule has 0 saturated heterocycles. The van der Waals surface area contributed by atoms with Gasteiger partial charge in [-0.25, -0.2) is 4.79 Å². The van der Waals surface area contributed by atoms with E-state index < -0.39 is 5.60 Å². The molecule has 6 nitrogen and oxygen atoms in total. The van der Waals surface area contributed by atoms with E-state index in [1.54, 1.807) is 11.1 Å². The van der Waals surface area contributed by atoms with Gasteiger partial charge in [-0.3, -0.25) is 14.9 Å². The molecule has 6 heteroatoms. The number of hydrogen-bond donors (Lipinski definition) is 1. The Kier molecular flexibility index (Phi) is 5.00. The zero-order valence-corrected chi connectivity index (χ0v) is 13.7. The number of carbonyl (C=O) groups is 1. The molecule has 1 N–H and O–H groups in total. The van der Waals surface area contributed by atoms with E-state index in [2.05, 4.69) is 15.3 Å². The van der Waals surface area contributed by atoms with Crippen LogP contribution >= 0.6 is 0 Å². The minimum Gasteiger partial charge on any atom is -0.444 e. The summed E-state index contributed by atoms with van der Waals surface area (Å²) >= 11 is 0. The normalized spacial score (nSPS) is 15.3. The lowest BCUT2D eigenvalue weighted by Gasteiger charge is -2.30. The Morgan fingerprint density at radius 1 is 1.45 bits per heavy atom. The number of pyridine rings is 1. The Morgan fingerprint density at radius 3 is 2.91 bits per heavy atom. The maximum absolute atomic E-state index is 12.1. The highest BCUT2D eigenvalue weighted by Crippen LogP contribution is 2.11. The molecule has 1 aromatic rings. The molecule has 1 amide bonds. The van der Waals surface area contributed by atoms with E-state index in [1.807, 2.05) is 40.0 Å². The Hall–Kier alpha value is -2.11. The Labute approximate surface area is 131 Å². The Bertz CT molecular complexity index is 564. The van der Waals surface area contributed by atoms with Crippen LogP contribution in [0.1, 0.15) is 31.9 Å². The summed E-state index contributed by atoms with van der Waals surface area (Å²) in [5.41, 5.74) is 1.83. The molecule has 1 aromatic heterocycles. The molecule has 0 unspecified atom stereocenters. The summed E-state index contributed by atoms with van der Waals surface area (Å²) in [6.07, 6.45) is 3.33. The van der Waals surface area contributed by atoms with Crippen molar-refractivity contribution in [3.8, 4) is 0 Å². The van der Waals surface area contributed by atoms with Crippen molar-refractivity contribution in [3.63, 3.8) is 0 Å². The highest BCUT2D eigenvalue weighted by Gasteiger charge is 2.24. The summed E-state index contributed by atoms with van der Waals surface area (Å²) in [5.74, 6) is 0.813. The fourth-order valence-electron chi connectivity index (χ4n) is 2.11. The first kappa shape index (κ1) is 16.3. The maximum Gasteiger partial charge on any atom is 0.410 e. The lowest BCUT2D eigenvalue weighted by Crippen LogP contribution is -2.47. The summed E-state index contributed by atoms with van der Waals surface area (Å²) in [5, 5.41) is 3.30. The molecule has 1 aliphatic heterocycles. The quantitative estimate of drug-likeness (QED) is 0.909. The fourth-order valence-corrected chi connectivity index (χ4v) is 2.11. The summed E-state index contributed by atoms with van der Waals surface area (Å²) < 4.78 is 5.40. The van der Waals surface area contributed by atoms with Gasteiger partial charge in [0.25, 0.3) is 0 Å². The van der Waals surface area contributed by atoms with Crippen molar-refractivity contribution >= 4 is 11.9 Å².